The summed E-state index contributed by atoms with van der Waals surface area (Å²) in [4.78, 5) is 9.82. The van der Waals surface area contributed by atoms with Gasteiger partial charge in [-0.05, 0) is 12.1 Å². The molecule has 0 aliphatic heterocycles. The number of nitrogens with zero attached hydrogens (tertiary/aromatic N) is 1. The first-order valence-electron chi connectivity index (χ1n) is 4.83. The van der Waals surface area contributed by atoms with Gasteiger partial charge < -0.3 is 10.4 Å². The highest BCUT2D eigenvalue weighted by Gasteiger charge is 2.02. The van der Waals surface area contributed by atoms with E-state index in [0.29, 0.717) is 6.54 Å². The Morgan fingerprint density at radius 3 is 2.27 bits per heavy atom. The fourth-order valence-corrected chi connectivity index (χ4v) is 0.901. The third-order valence-corrected chi connectivity index (χ3v) is 1.52. The molecule has 0 bridgehead atoms. The topological polar surface area (TPSA) is 75.4 Å². The van der Waals surface area contributed by atoms with Crippen LogP contribution in [-0.4, -0.2) is 23.2 Å². The van der Waals surface area contributed by atoms with E-state index in [-0.39, 0.29) is 12.3 Å². The predicted octanol–water partition coefficient (Wildman–Crippen LogP) is 2.03. The average molecular weight is 212 g/mol. The van der Waals surface area contributed by atoms with Gasteiger partial charge in [-0.25, -0.2) is 0 Å². The maximum Gasteiger partial charge on any atom is 0.269 e. The van der Waals surface area contributed by atoms with Gasteiger partial charge >= 0.3 is 0 Å². The van der Waals surface area contributed by atoms with E-state index in [4.69, 9.17) is 5.11 Å². The van der Waals surface area contributed by atoms with Crippen LogP contribution < -0.4 is 5.32 Å². The number of hydrogen-bond acceptors (Lipinski definition) is 4. The molecule has 0 atom stereocenters. The van der Waals surface area contributed by atoms with Gasteiger partial charge in [-0.3, -0.25) is 10.1 Å². The monoisotopic (exact) mass is 212 g/mol. The number of anilines is 1. The van der Waals surface area contributed by atoms with Crippen LogP contribution in [0.5, 0.6) is 0 Å². The van der Waals surface area contributed by atoms with Crippen LogP contribution in [0.3, 0.4) is 0 Å². The second-order valence-electron chi connectivity index (χ2n) is 2.45. The third-order valence-electron chi connectivity index (χ3n) is 1.52. The normalized spacial score (nSPS) is 8.73. The number of aliphatic hydroxyl groups is 1. The van der Waals surface area contributed by atoms with E-state index in [1.54, 1.807) is 12.1 Å². The van der Waals surface area contributed by atoms with Crippen molar-refractivity contribution in [2.24, 2.45) is 0 Å². The molecule has 5 nitrogen and oxygen atoms in total. The zero-order valence-electron chi connectivity index (χ0n) is 8.93. The molecule has 0 aliphatic rings. The van der Waals surface area contributed by atoms with Gasteiger partial charge in [0.05, 0.1) is 11.5 Å². The largest absolute Gasteiger partial charge is 0.395 e. The molecule has 0 saturated carbocycles. The molecule has 0 aliphatic carbocycles. The minimum atomic E-state index is -0.449. The Hall–Kier alpha value is -1.62. The van der Waals surface area contributed by atoms with Crippen LogP contribution >= 0.6 is 0 Å². The average Bonchev–Trinajstić information content (AvgIpc) is 2.29. The van der Waals surface area contributed by atoms with Crippen molar-refractivity contribution in [1.82, 2.24) is 0 Å². The summed E-state index contributed by atoms with van der Waals surface area (Å²) in [6.45, 7) is 4.48. The van der Waals surface area contributed by atoms with Gasteiger partial charge in [-0.1, -0.05) is 13.8 Å². The molecule has 0 amide bonds. The van der Waals surface area contributed by atoms with E-state index in [9.17, 15) is 10.1 Å². The first-order chi connectivity index (χ1) is 7.24. The van der Waals surface area contributed by atoms with Gasteiger partial charge in [0.2, 0.25) is 0 Å². The van der Waals surface area contributed by atoms with Crippen molar-refractivity contribution >= 4 is 11.4 Å². The first-order valence-corrected chi connectivity index (χ1v) is 4.83. The summed E-state index contributed by atoms with van der Waals surface area (Å²) in [6.07, 6.45) is 0. The van der Waals surface area contributed by atoms with Gasteiger partial charge in [0.15, 0.2) is 0 Å². The Bertz CT molecular complexity index is 285. The van der Waals surface area contributed by atoms with Crippen LogP contribution in [0, 0.1) is 10.1 Å². The number of benzene rings is 1. The minimum absolute atomic E-state index is 0.0387. The number of nitro benzene ring substituents is 1. The molecule has 0 radical (unpaired) electrons. The molecule has 0 aromatic heterocycles. The van der Waals surface area contributed by atoms with Crippen LogP contribution in [0.2, 0.25) is 0 Å². The third kappa shape index (κ3) is 4.97. The van der Waals surface area contributed by atoms with E-state index in [1.165, 1.54) is 12.1 Å². The van der Waals surface area contributed by atoms with E-state index in [1.807, 2.05) is 13.8 Å². The summed E-state index contributed by atoms with van der Waals surface area (Å²) in [6, 6.07) is 6.04. The van der Waals surface area contributed by atoms with E-state index in [2.05, 4.69) is 5.32 Å². The number of nitrogens with one attached hydrogen (secondary N) is 1. The Morgan fingerprint density at radius 2 is 1.87 bits per heavy atom. The Kier molecular flexibility index (Phi) is 6.92. The highest BCUT2D eigenvalue weighted by Crippen LogP contribution is 2.14. The molecule has 0 fully saturated rings. The second-order valence-corrected chi connectivity index (χ2v) is 2.45. The standard InChI is InChI=1S/C8H10N2O3.C2H6/c11-6-5-9-7-1-3-8(4-2-7)10(12)13;1-2/h1-4,9,11H,5-6H2;1-2H3. The SMILES string of the molecule is CC.O=[N+]([O-])c1ccc(NCCO)cc1. The number of nitro groups is 1. The quantitative estimate of drug-likeness (QED) is 0.591. The van der Waals surface area contributed by atoms with Crippen molar-refractivity contribution in [2.75, 3.05) is 18.5 Å². The summed E-state index contributed by atoms with van der Waals surface area (Å²) in [5, 5.41) is 21.7. The van der Waals surface area contributed by atoms with E-state index < -0.39 is 4.92 Å². The van der Waals surface area contributed by atoms with Crippen LogP contribution in [0.15, 0.2) is 24.3 Å². The summed E-state index contributed by atoms with van der Waals surface area (Å²) < 4.78 is 0. The van der Waals surface area contributed by atoms with Crippen molar-refractivity contribution in [3.8, 4) is 0 Å². The zero-order chi connectivity index (χ0) is 11.7. The van der Waals surface area contributed by atoms with Gasteiger partial charge in [-0.2, -0.15) is 0 Å². The van der Waals surface area contributed by atoms with Crippen molar-refractivity contribution < 1.29 is 10.0 Å². The fraction of sp³-hybridized carbons (Fsp3) is 0.400. The molecule has 2 N–H and O–H groups in total. The van der Waals surface area contributed by atoms with Crippen LogP contribution in [0.1, 0.15) is 13.8 Å². The van der Waals surface area contributed by atoms with E-state index >= 15 is 0 Å². The van der Waals surface area contributed by atoms with Crippen molar-refractivity contribution in [2.45, 2.75) is 13.8 Å². The molecule has 84 valence electrons. The van der Waals surface area contributed by atoms with Gasteiger partial charge in [0.1, 0.15) is 0 Å². The zero-order valence-corrected chi connectivity index (χ0v) is 8.93. The predicted molar refractivity (Wildman–Crippen MR) is 60.0 cm³/mol. The molecule has 1 rings (SSSR count). The lowest BCUT2D eigenvalue weighted by Crippen LogP contribution is -2.04. The van der Waals surface area contributed by atoms with Crippen molar-refractivity contribution in [3.63, 3.8) is 0 Å². The minimum Gasteiger partial charge on any atom is -0.395 e. The molecular formula is C10H16N2O3. The summed E-state index contributed by atoms with van der Waals surface area (Å²) in [5.74, 6) is 0. The number of non-ortho nitro benzene ring substituents is 1. The van der Waals surface area contributed by atoms with Crippen LogP contribution in [0.4, 0.5) is 11.4 Å². The molecule has 1 aromatic carbocycles. The number of hydrogen-bond donors (Lipinski definition) is 2. The second kappa shape index (κ2) is 7.75. The van der Waals surface area contributed by atoms with Gasteiger partial charge in [0, 0.05) is 24.4 Å². The van der Waals surface area contributed by atoms with Gasteiger partial charge in [0.25, 0.3) is 5.69 Å². The molecule has 15 heavy (non-hydrogen) atoms. The van der Waals surface area contributed by atoms with Gasteiger partial charge in [-0.15, -0.1) is 0 Å². The maximum atomic E-state index is 10.3. The van der Waals surface area contributed by atoms with Crippen molar-refractivity contribution in [1.29, 1.82) is 0 Å². The Labute approximate surface area is 88.9 Å². The first kappa shape index (κ1) is 13.4. The molecule has 0 saturated heterocycles. The highest BCUT2D eigenvalue weighted by atomic mass is 16.6. The number of aliphatic hydroxyl groups excluding tert-OH is 1. The van der Waals surface area contributed by atoms with Crippen molar-refractivity contribution in [3.05, 3.63) is 34.4 Å². The lowest BCUT2D eigenvalue weighted by molar-refractivity contribution is -0.384. The molecular weight excluding hydrogens is 196 g/mol. The molecule has 0 heterocycles. The fourth-order valence-electron chi connectivity index (χ4n) is 0.901. The smallest absolute Gasteiger partial charge is 0.269 e. The summed E-state index contributed by atoms with van der Waals surface area (Å²) in [7, 11) is 0. The van der Waals surface area contributed by atoms with Crippen LogP contribution in [-0.2, 0) is 0 Å². The lowest BCUT2D eigenvalue weighted by atomic mass is 10.3. The Morgan fingerprint density at radius 1 is 1.33 bits per heavy atom. The van der Waals surface area contributed by atoms with E-state index in [0.717, 1.165) is 5.69 Å². The maximum absolute atomic E-state index is 10.3. The number of rotatable bonds is 4. The molecule has 1 aromatic rings. The molecule has 0 unspecified atom stereocenters. The van der Waals surface area contributed by atoms with Crippen LogP contribution in [0.25, 0.3) is 0 Å². The summed E-state index contributed by atoms with van der Waals surface area (Å²) in [5.41, 5.74) is 0.828. The Balaban J connectivity index is 0.000000921. The lowest BCUT2D eigenvalue weighted by Gasteiger charge is -2.02. The molecule has 5 heteroatoms. The highest BCUT2D eigenvalue weighted by molar-refractivity contribution is 5.48. The molecule has 0 spiro atoms. The summed E-state index contributed by atoms with van der Waals surface area (Å²) >= 11 is 0.